The SMILES string of the molecule is COc1ccc(CCNC(=O)CCCn2c(=O)c3ccccc3n(Cc3ccc([N+](=O)[O-])cc3)c2=O)cc1OC. The number of nitrogens with zero attached hydrogens (tertiary/aromatic N) is 3. The second-order valence-corrected chi connectivity index (χ2v) is 9.16. The van der Waals surface area contributed by atoms with Crippen LogP contribution in [0.1, 0.15) is 24.0 Å². The summed E-state index contributed by atoms with van der Waals surface area (Å²) in [7, 11) is 3.13. The molecule has 1 amide bonds. The van der Waals surface area contributed by atoms with Crippen LogP contribution < -0.4 is 26.0 Å². The molecular formula is C29H30N4O7. The van der Waals surface area contributed by atoms with Gasteiger partial charge in [0.1, 0.15) is 0 Å². The van der Waals surface area contributed by atoms with Crippen LogP contribution in [0.3, 0.4) is 0 Å². The minimum absolute atomic E-state index is 0.0482. The number of carbonyl (C=O) groups excluding carboxylic acids is 1. The first-order valence-corrected chi connectivity index (χ1v) is 12.8. The predicted molar refractivity (Wildman–Crippen MR) is 150 cm³/mol. The highest BCUT2D eigenvalue weighted by Crippen LogP contribution is 2.27. The van der Waals surface area contributed by atoms with Gasteiger partial charge in [-0.05, 0) is 48.2 Å². The number of benzene rings is 3. The van der Waals surface area contributed by atoms with Gasteiger partial charge < -0.3 is 14.8 Å². The third-order valence-electron chi connectivity index (χ3n) is 6.59. The highest BCUT2D eigenvalue weighted by Gasteiger charge is 2.14. The Labute approximate surface area is 229 Å². The summed E-state index contributed by atoms with van der Waals surface area (Å²) >= 11 is 0. The first-order valence-electron chi connectivity index (χ1n) is 12.8. The van der Waals surface area contributed by atoms with Gasteiger partial charge in [0.15, 0.2) is 11.5 Å². The van der Waals surface area contributed by atoms with Crippen molar-refractivity contribution in [3.8, 4) is 11.5 Å². The summed E-state index contributed by atoms with van der Waals surface area (Å²) in [5, 5.41) is 14.2. The maximum absolute atomic E-state index is 13.4. The lowest BCUT2D eigenvalue weighted by Crippen LogP contribution is -2.40. The molecule has 0 bridgehead atoms. The number of hydrogen-bond donors (Lipinski definition) is 1. The van der Waals surface area contributed by atoms with Crippen LogP contribution in [0.4, 0.5) is 5.69 Å². The van der Waals surface area contributed by atoms with Crippen LogP contribution >= 0.6 is 0 Å². The molecule has 0 aliphatic rings. The number of ether oxygens (including phenoxy) is 2. The molecule has 4 aromatic rings. The van der Waals surface area contributed by atoms with Crippen LogP contribution in [0.5, 0.6) is 11.5 Å². The second-order valence-electron chi connectivity index (χ2n) is 9.16. The molecule has 0 saturated heterocycles. The summed E-state index contributed by atoms with van der Waals surface area (Å²) in [5.41, 5.74) is 1.16. The van der Waals surface area contributed by atoms with Crippen molar-refractivity contribution in [1.82, 2.24) is 14.5 Å². The van der Waals surface area contributed by atoms with Gasteiger partial charge >= 0.3 is 5.69 Å². The molecule has 0 saturated carbocycles. The third kappa shape index (κ3) is 6.37. The van der Waals surface area contributed by atoms with Gasteiger partial charge in [-0.15, -0.1) is 0 Å². The van der Waals surface area contributed by atoms with Crippen molar-refractivity contribution in [2.24, 2.45) is 0 Å². The number of carbonyl (C=O) groups is 1. The number of rotatable bonds is 12. The summed E-state index contributed by atoms with van der Waals surface area (Å²) in [6.07, 6.45) is 1.05. The van der Waals surface area contributed by atoms with Crippen LogP contribution in [0.15, 0.2) is 76.3 Å². The molecule has 208 valence electrons. The van der Waals surface area contributed by atoms with Gasteiger partial charge in [-0.3, -0.25) is 28.8 Å². The van der Waals surface area contributed by atoms with E-state index in [-0.39, 0.29) is 31.1 Å². The van der Waals surface area contributed by atoms with Crippen molar-refractivity contribution in [2.45, 2.75) is 32.4 Å². The van der Waals surface area contributed by atoms with E-state index < -0.39 is 16.2 Å². The lowest BCUT2D eigenvalue weighted by atomic mass is 10.1. The topological polar surface area (TPSA) is 135 Å². The van der Waals surface area contributed by atoms with E-state index >= 15 is 0 Å². The Balaban J connectivity index is 1.42. The van der Waals surface area contributed by atoms with E-state index in [1.165, 1.54) is 16.7 Å². The Morgan fingerprint density at radius 3 is 2.33 bits per heavy atom. The summed E-state index contributed by atoms with van der Waals surface area (Å²) in [6, 6.07) is 18.3. The molecule has 0 aliphatic heterocycles. The Kier molecular flexibility index (Phi) is 8.95. The average molecular weight is 547 g/mol. The van der Waals surface area contributed by atoms with Crippen LogP contribution in [0, 0.1) is 10.1 Å². The fraction of sp³-hybridized carbons (Fsp3) is 0.276. The number of non-ortho nitro benzene ring substituents is 1. The zero-order valence-electron chi connectivity index (χ0n) is 22.3. The maximum atomic E-state index is 13.4. The lowest BCUT2D eigenvalue weighted by Gasteiger charge is -2.14. The summed E-state index contributed by atoms with van der Waals surface area (Å²) in [4.78, 5) is 49.4. The number of hydrogen-bond acceptors (Lipinski definition) is 7. The molecule has 0 aliphatic carbocycles. The zero-order chi connectivity index (χ0) is 28.6. The van der Waals surface area contributed by atoms with E-state index in [2.05, 4.69) is 5.32 Å². The number of nitro groups is 1. The fourth-order valence-electron chi connectivity index (χ4n) is 4.50. The molecule has 1 aromatic heterocycles. The van der Waals surface area contributed by atoms with Gasteiger partial charge in [0, 0.05) is 31.6 Å². The number of amides is 1. The van der Waals surface area contributed by atoms with Crippen LogP contribution in [0.25, 0.3) is 10.9 Å². The molecule has 11 nitrogen and oxygen atoms in total. The van der Waals surface area contributed by atoms with Crippen molar-refractivity contribution in [2.75, 3.05) is 20.8 Å². The van der Waals surface area contributed by atoms with Gasteiger partial charge in [0.2, 0.25) is 5.91 Å². The molecule has 4 rings (SSSR count). The molecule has 1 heterocycles. The standard InChI is InChI=1S/C29H30N4O7/c1-39-25-14-11-20(18-26(25)40-2)15-16-30-27(34)8-5-17-31-28(35)23-6-3-4-7-24(23)32(29(31)36)19-21-9-12-22(13-10-21)33(37)38/h3-4,6-7,9-14,18H,5,8,15-17,19H2,1-2H3,(H,30,34). The van der Waals surface area contributed by atoms with Gasteiger partial charge in [0.25, 0.3) is 11.2 Å². The van der Waals surface area contributed by atoms with E-state index in [0.717, 1.165) is 10.1 Å². The van der Waals surface area contributed by atoms with Crippen LogP contribution in [-0.4, -0.2) is 40.7 Å². The van der Waals surface area contributed by atoms with Crippen LogP contribution in [-0.2, 0) is 24.3 Å². The molecule has 3 aromatic carbocycles. The fourth-order valence-corrected chi connectivity index (χ4v) is 4.50. The van der Waals surface area contributed by atoms with E-state index in [1.807, 2.05) is 18.2 Å². The minimum atomic E-state index is -0.504. The quantitative estimate of drug-likeness (QED) is 0.213. The van der Waals surface area contributed by atoms with E-state index in [9.17, 15) is 24.5 Å². The van der Waals surface area contributed by atoms with Gasteiger partial charge in [0.05, 0.1) is 36.6 Å². The zero-order valence-corrected chi connectivity index (χ0v) is 22.3. The average Bonchev–Trinajstić information content (AvgIpc) is 2.97. The summed E-state index contributed by atoms with van der Waals surface area (Å²) in [6.45, 7) is 0.631. The summed E-state index contributed by atoms with van der Waals surface area (Å²) < 4.78 is 13.2. The molecule has 11 heteroatoms. The third-order valence-corrected chi connectivity index (χ3v) is 6.59. The summed E-state index contributed by atoms with van der Waals surface area (Å²) in [5.74, 6) is 1.07. The van der Waals surface area contributed by atoms with E-state index in [1.54, 1.807) is 50.6 Å². The molecule has 0 unspecified atom stereocenters. The monoisotopic (exact) mass is 546 g/mol. The lowest BCUT2D eigenvalue weighted by molar-refractivity contribution is -0.384. The number of fused-ring (bicyclic) bond motifs is 1. The molecule has 0 spiro atoms. The normalized spacial score (nSPS) is 10.8. The predicted octanol–water partition coefficient (Wildman–Crippen LogP) is 3.28. The molecule has 1 N–H and O–H groups in total. The van der Waals surface area contributed by atoms with Gasteiger partial charge in [-0.1, -0.05) is 30.3 Å². The number of aromatic nitrogens is 2. The van der Waals surface area contributed by atoms with Crippen molar-refractivity contribution >= 4 is 22.5 Å². The Bertz CT molecular complexity index is 1640. The number of para-hydroxylation sites is 1. The molecule has 0 radical (unpaired) electrons. The first-order chi connectivity index (χ1) is 19.3. The van der Waals surface area contributed by atoms with Crippen molar-refractivity contribution in [1.29, 1.82) is 0 Å². The van der Waals surface area contributed by atoms with E-state index in [0.29, 0.717) is 47.4 Å². The largest absolute Gasteiger partial charge is 0.493 e. The molecule has 0 fully saturated rings. The number of methoxy groups -OCH3 is 2. The maximum Gasteiger partial charge on any atom is 0.331 e. The number of nitrogens with one attached hydrogen (secondary N) is 1. The number of nitro benzene ring substituents is 1. The van der Waals surface area contributed by atoms with Gasteiger partial charge in [-0.25, -0.2) is 4.79 Å². The minimum Gasteiger partial charge on any atom is -0.493 e. The van der Waals surface area contributed by atoms with E-state index in [4.69, 9.17) is 9.47 Å². The second kappa shape index (κ2) is 12.7. The first kappa shape index (κ1) is 28.1. The highest BCUT2D eigenvalue weighted by molar-refractivity contribution is 5.78. The molecular weight excluding hydrogens is 516 g/mol. The van der Waals surface area contributed by atoms with Crippen LogP contribution in [0.2, 0.25) is 0 Å². The Morgan fingerprint density at radius 2 is 1.62 bits per heavy atom. The smallest absolute Gasteiger partial charge is 0.331 e. The Hall–Kier alpha value is -4.93. The Morgan fingerprint density at radius 1 is 0.925 bits per heavy atom. The highest BCUT2D eigenvalue weighted by atomic mass is 16.6. The van der Waals surface area contributed by atoms with Crippen molar-refractivity contribution < 1.29 is 19.2 Å². The molecule has 0 atom stereocenters. The van der Waals surface area contributed by atoms with Gasteiger partial charge in [-0.2, -0.15) is 0 Å². The molecule has 40 heavy (non-hydrogen) atoms. The van der Waals surface area contributed by atoms with Crippen molar-refractivity contribution in [3.05, 3.63) is 109 Å². The van der Waals surface area contributed by atoms with Crippen molar-refractivity contribution in [3.63, 3.8) is 0 Å².